The van der Waals surface area contributed by atoms with Crippen molar-refractivity contribution in [3.05, 3.63) is 35.4 Å². The molecule has 1 unspecified atom stereocenters. The molecule has 0 spiro atoms. The molecule has 1 saturated heterocycles. The molecule has 2 aliphatic carbocycles. The summed E-state index contributed by atoms with van der Waals surface area (Å²) in [6.45, 7) is 2.00. The van der Waals surface area contributed by atoms with Crippen LogP contribution in [0.5, 0.6) is 0 Å². The molecule has 2 heteroatoms. The molecule has 0 aromatic heterocycles. The van der Waals surface area contributed by atoms with Crippen molar-refractivity contribution >= 4 is 5.91 Å². The average molecular weight is 269 g/mol. The number of fused-ring (bicyclic) bond motifs is 1. The molecule has 1 atom stereocenters. The first-order valence-electron chi connectivity index (χ1n) is 8.19. The summed E-state index contributed by atoms with van der Waals surface area (Å²) in [6.07, 6.45) is 7.25. The van der Waals surface area contributed by atoms with Gasteiger partial charge in [-0.3, -0.25) is 4.79 Å². The van der Waals surface area contributed by atoms with Crippen molar-refractivity contribution in [3.63, 3.8) is 0 Å². The minimum Gasteiger partial charge on any atom is -0.342 e. The first kappa shape index (κ1) is 12.4. The van der Waals surface area contributed by atoms with Crippen LogP contribution in [-0.4, -0.2) is 23.9 Å². The Morgan fingerprint density at radius 2 is 1.75 bits per heavy atom. The van der Waals surface area contributed by atoms with Crippen molar-refractivity contribution in [1.29, 1.82) is 0 Å². The minimum atomic E-state index is 0.388. The fraction of sp³-hybridized carbons (Fsp3) is 0.611. The van der Waals surface area contributed by atoms with Gasteiger partial charge in [-0.1, -0.05) is 24.3 Å². The number of carbonyl (C=O) groups is 1. The molecule has 2 nitrogen and oxygen atoms in total. The van der Waals surface area contributed by atoms with Crippen LogP contribution in [0.15, 0.2) is 24.3 Å². The summed E-state index contributed by atoms with van der Waals surface area (Å²) in [5, 5.41) is 0. The van der Waals surface area contributed by atoms with Crippen molar-refractivity contribution < 1.29 is 4.79 Å². The third kappa shape index (κ3) is 2.15. The number of benzene rings is 1. The Hall–Kier alpha value is -1.31. The lowest BCUT2D eigenvalue weighted by molar-refractivity contribution is -0.134. The average Bonchev–Trinajstić information content (AvgIpc) is 3.26. The minimum absolute atomic E-state index is 0.388. The number of hydrogen-bond donors (Lipinski definition) is 0. The van der Waals surface area contributed by atoms with E-state index in [1.165, 1.54) is 25.7 Å². The lowest BCUT2D eigenvalue weighted by Gasteiger charge is -2.35. The molecule has 106 valence electrons. The van der Waals surface area contributed by atoms with Gasteiger partial charge in [0.2, 0.25) is 5.91 Å². The Kier molecular flexibility index (Phi) is 3.05. The van der Waals surface area contributed by atoms with Crippen molar-refractivity contribution in [2.75, 3.05) is 13.1 Å². The fourth-order valence-electron chi connectivity index (χ4n) is 4.19. The second-order valence-corrected chi connectivity index (χ2v) is 6.78. The highest BCUT2D eigenvalue weighted by Gasteiger charge is 2.37. The zero-order valence-corrected chi connectivity index (χ0v) is 12.1. The van der Waals surface area contributed by atoms with E-state index in [1.807, 2.05) is 0 Å². The SMILES string of the molecule is O=C(C1CC1)N1CCC(C2CCc3ccccc32)CC1. The van der Waals surface area contributed by atoms with Gasteiger partial charge in [-0.2, -0.15) is 0 Å². The third-order valence-corrected chi connectivity index (χ3v) is 5.53. The number of carbonyl (C=O) groups excluding carboxylic acids is 1. The third-order valence-electron chi connectivity index (χ3n) is 5.53. The normalized spacial score (nSPS) is 26.6. The summed E-state index contributed by atoms with van der Waals surface area (Å²) in [7, 11) is 0. The van der Waals surface area contributed by atoms with E-state index < -0.39 is 0 Å². The highest BCUT2D eigenvalue weighted by molar-refractivity contribution is 5.81. The number of amides is 1. The molecular weight excluding hydrogens is 246 g/mol. The summed E-state index contributed by atoms with van der Waals surface area (Å²) in [5.41, 5.74) is 3.16. The standard InChI is InChI=1S/C18H23NO/c20-18(15-5-6-15)19-11-9-14(10-12-19)17-8-7-13-3-1-2-4-16(13)17/h1-4,14-15,17H,5-12H2. The van der Waals surface area contributed by atoms with Crippen molar-refractivity contribution in [2.45, 2.75) is 44.4 Å². The maximum Gasteiger partial charge on any atom is 0.225 e. The summed E-state index contributed by atoms with van der Waals surface area (Å²) in [4.78, 5) is 14.2. The van der Waals surface area contributed by atoms with Gasteiger partial charge >= 0.3 is 0 Å². The highest BCUT2D eigenvalue weighted by atomic mass is 16.2. The quantitative estimate of drug-likeness (QED) is 0.806. The Morgan fingerprint density at radius 3 is 2.50 bits per heavy atom. The molecule has 0 radical (unpaired) electrons. The first-order chi connectivity index (χ1) is 9.83. The Bertz CT molecular complexity index is 512. The monoisotopic (exact) mass is 269 g/mol. The van der Waals surface area contributed by atoms with Crippen LogP contribution in [0.2, 0.25) is 0 Å². The molecule has 20 heavy (non-hydrogen) atoms. The first-order valence-corrected chi connectivity index (χ1v) is 8.19. The summed E-state index contributed by atoms with van der Waals surface area (Å²) in [6, 6.07) is 8.97. The van der Waals surface area contributed by atoms with Gasteiger partial charge in [-0.25, -0.2) is 0 Å². The number of hydrogen-bond acceptors (Lipinski definition) is 1. The van der Waals surface area contributed by atoms with E-state index in [-0.39, 0.29) is 0 Å². The van der Waals surface area contributed by atoms with Crippen LogP contribution >= 0.6 is 0 Å². The second kappa shape index (κ2) is 4.91. The zero-order valence-electron chi connectivity index (χ0n) is 12.1. The summed E-state index contributed by atoms with van der Waals surface area (Å²) < 4.78 is 0. The van der Waals surface area contributed by atoms with Crippen molar-refractivity contribution in [1.82, 2.24) is 4.90 Å². The number of aryl methyl sites for hydroxylation is 1. The smallest absolute Gasteiger partial charge is 0.225 e. The van der Waals surface area contributed by atoms with Gasteiger partial charge in [0.25, 0.3) is 0 Å². The predicted molar refractivity (Wildman–Crippen MR) is 79.5 cm³/mol. The van der Waals surface area contributed by atoms with Gasteiger partial charge in [-0.05, 0) is 61.5 Å². The van der Waals surface area contributed by atoms with Gasteiger partial charge in [-0.15, -0.1) is 0 Å². The topological polar surface area (TPSA) is 20.3 Å². The van der Waals surface area contributed by atoms with E-state index in [0.29, 0.717) is 11.8 Å². The van der Waals surface area contributed by atoms with Crippen LogP contribution in [0.25, 0.3) is 0 Å². The molecular formula is C18H23NO. The maximum atomic E-state index is 12.1. The van der Waals surface area contributed by atoms with Crippen LogP contribution in [0.3, 0.4) is 0 Å². The van der Waals surface area contributed by atoms with Crippen molar-refractivity contribution in [3.8, 4) is 0 Å². The summed E-state index contributed by atoms with van der Waals surface area (Å²) in [5.74, 6) is 2.38. The molecule has 4 rings (SSSR count). The lowest BCUT2D eigenvalue weighted by atomic mass is 9.81. The molecule has 1 aromatic rings. The van der Waals surface area contributed by atoms with Crippen LogP contribution in [0, 0.1) is 11.8 Å². The molecule has 2 fully saturated rings. The van der Waals surface area contributed by atoms with Crippen LogP contribution < -0.4 is 0 Å². The molecule has 1 aliphatic heterocycles. The van der Waals surface area contributed by atoms with Crippen LogP contribution in [-0.2, 0) is 11.2 Å². The molecule has 1 aromatic carbocycles. The van der Waals surface area contributed by atoms with E-state index in [2.05, 4.69) is 29.2 Å². The molecule has 1 amide bonds. The number of nitrogens with zero attached hydrogens (tertiary/aromatic N) is 1. The van der Waals surface area contributed by atoms with E-state index in [4.69, 9.17) is 0 Å². The molecule has 0 bridgehead atoms. The van der Waals surface area contributed by atoms with Crippen molar-refractivity contribution in [2.24, 2.45) is 11.8 Å². The van der Waals surface area contributed by atoms with Gasteiger partial charge in [0.05, 0.1) is 0 Å². The fourth-order valence-corrected chi connectivity index (χ4v) is 4.19. The van der Waals surface area contributed by atoms with E-state index in [0.717, 1.165) is 37.8 Å². The van der Waals surface area contributed by atoms with E-state index >= 15 is 0 Å². The van der Waals surface area contributed by atoms with E-state index in [1.54, 1.807) is 11.1 Å². The van der Waals surface area contributed by atoms with Crippen LogP contribution in [0.1, 0.15) is 49.1 Å². The highest BCUT2D eigenvalue weighted by Crippen LogP contribution is 2.42. The van der Waals surface area contributed by atoms with Gasteiger partial charge in [0.1, 0.15) is 0 Å². The maximum absolute atomic E-state index is 12.1. The molecule has 1 heterocycles. The second-order valence-electron chi connectivity index (χ2n) is 6.78. The Balaban J connectivity index is 1.41. The molecule has 3 aliphatic rings. The number of rotatable bonds is 2. The Morgan fingerprint density at radius 1 is 1.00 bits per heavy atom. The van der Waals surface area contributed by atoms with Gasteiger partial charge in [0, 0.05) is 19.0 Å². The Labute approximate surface area is 121 Å². The number of piperidine rings is 1. The predicted octanol–water partition coefficient (Wildman–Crippen LogP) is 3.37. The van der Waals surface area contributed by atoms with Crippen LogP contribution in [0.4, 0.5) is 0 Å². The van der Waals surface area contributed by atoms with Gasteiger partial charge in [0.15, 0.2) is 0 Å². The molecule has 0 N–H and O–H groups in total. The lowest BCUT2D eigenvalue weighted by Crippen LogP contribution is -2.40. The largest absolute Gasteiger partial charge is 0.342 e. The zero-order chi connectivity index (χ0) is 13.5. The van der Waals surface area contributed by atoms with E-state index in [9.17, 15) is 4.79 Å². The number of likely N-dealkylation sites (tertiary alicyclic amines) is 1. The molecule has 1 saturated carbocycles. The summed E-state index contributed by atoms with van der Waals surface area (Å²) >= 11 is 0. The van der Waals surface area contributed by atoms with Gasteiger partial charge < -0.3 is 4.90 Å².